The quantitative estimate of drug-likeness (QED) is 0.649. The lowest BCUT2D eigenvalue weighted by Gasteiger charge is -2.35. The zero-order valence-electron chi connectivity index (χ0n) is 14.0. The summed E-state index contributed by atoms with van der Waals surface area (Å²) in [7, 11) is 0. The Labute approximate surface area is 145 Å². The molecule has 8 nitrogen and oxygen atoms in total. The van der Waals surface area contributed by atoms with Crippen LogP contribution in [0.3, 0.4) is 0 Å². The molecule has 0 aliphatic carbocycles. The second-order valence-electron chi connectivity index (χ2n) is 6.47. The summed E-state index contributed by atoms with van der Waals surface area (Å²) in [5, 5.41) is 14.0. The molecule has 0 radical (unpaired) electrons. The maximum absolute atomic E-state index is 12.5. The number of non-ortho nitro benzene ring substituents is 1. The van der Waals surface area contributed by atoms with Gasteiger partial charge in [0.25, 0.3) is 11.6 Å². The van der Waals surface area contributed by atoms with Crippen LogP contribution in [0.25, 0.3) is 0 Å². The van der Waals surface area contributed by atoms with E-state index in [1.165, 1.54) is 24.3 Å². The van der Waals surface area contributed by atoms with Crippen LogP contribution in [-0.2, 0) is 4.79 Å². The van der Waals surface area contributed by atoms with Gasteiger partial charge in [0.2, 0.25) is 5.91 Å². The SMILES string of the molecule is O=C(CC1CCCN1)N1CCN(C(=O)c2ccc([N+](=O)[O-])cc2)CC1. The van der Waals surface area contributed by atoms with E-state index in [1.54, 1.807) is 4.90 Å². The predicted molar refractivity (Wildman–Crippen MR) is 91.2 cm³/mol. The van der Waals surface area contributed by atoms with Gasteiger partial charge >= 0.3 is 0 Å². The average molecular weight is 346 g/mol. The summed E-state index contributed by atoms with van der Waals surface area (Å²) in [5.41, 5.74) is 0.396. The van der Waals surface area contributed by atoms with Crippen LogP contribution in [0.15, 0.2) is 24.3 Å². The minimum atomic E-state index is -0.488. The summed E-state index contributed by atoms with van der Waals surface area (Å²) in [4.78, 5) is 38.5. The molecule has 2 aliphatic heterocycles. The van der Waals surface area contributed by atoms with Crippen molar-refractivity contribution in [2.75, 3.05) is 32.7 Å². The highest BCUT2D eigenvalue weighted by Crippen LogP contribution is 2.16. The summed E-state index contributed by atoms with van der Waals surface area (Å²) in [5.74, 6) is -0.0127. The molecule has 1 aromatic carbocycles. The van der Waals surface area contributed by atoms with E-state index in [-0.39, 0.29) is 23.5 Å². The predicted octanol–water partition coefficient (Wildman–Crippen LogP) is 1.02. The Morgan fingerprint density at radius 2 is 1.76 bits per heavy atom. The molecule has 2 fully saturated rings. The Bertz CT molecular complexity index is 647. The molecule has 2 amide bonds. The van der Waals surface area contributed by atoms with Crippen LogP contribution >= 0.6 is 0 Å². The van der Waals surface area contributed by atoms with Gasteiger partial charge in [-0.25, -0.2) is 0 Å². The number of nitrogens with one attached hydrogen (secondary N) is 1. The van der Waals surface area contributed by atoms with E-state index in [4.69, 9.17) is 0 Å². The molecule has 0 bridgehead atoms. The molecule has 0 aromatic heterocycles. The monoisotopic (exact) mass is 346 g/mol. The maximum atomic E-state index is 12.5. The summed E-state index contributed by atoms with van der Waals surface area (Å²) >= 11 is 0. The molecule has 1 unspecified atom stereocenters. The zero-order chi connectivity index (χ0) is 17.8. The zero-order valence-corrected chi connectivity index (χ0v) is 14.0. The number of carbonyl (C=O) groups is 2. The second kappa shape index (κ2) is 7.60. The first-order valence-corrected chi connectivity index (χ1v) is 8.59. The van der Waals surface area contributed by atoms with Gasteiger partial charge in [0.05, 0.1) is 4.92 Å². The number of hydrogen-bond donors (Lipinski definition) is 1. The van der Waals surface area contributed by atoms with Crippen LogP contribution in [0, 0.1) is 10.1 Å². The van der Waals surface area contributed by atoms with Crippen molar-refractivity contribution in [1.29, 1.82) is 0 Å². The van der Waals surface area contributed by atoms with Crippen molar-refractivity contribution in [3.05, 3.63) is 39.9 Å². The Kier molecular flexibility index (Phi) is 5.28. The van der Waals surface area contributed by atoms with Gasteiger partial charge in [0.15, 0.2) is 0 Å². The molecule has 134 valence electrons. The summed E-state index contributed by atoms with van der Waals surface area (Å²) in [6, 6.07) is 5.91. The van der Waals surface area contributed by atoms with Crippen LogP contribution in [0.1, 0.15) is 29.6 Å². The van der Waals surface area contributed by atoms with Crippen molar-refractivity contribution < 1.29 is 14.5 Å². The van der Waals surface area contributed by atoms with E-state index in [0.29, 0.717) is 38.2 Å². The van der Waals surface area contributed by atoms with E-state index in [1.807, 2.05) is 4.90 Å². The van der Waals surface area contributed by atoms with Crippen molar-refractivity contribution in [2.45, 2.75) is 25.3 Å². The second-order valence-corrected chi connectivity index (χ2v) is 6.47. The lowest BCUT2D eigenvalue weighted by atomic mass is 10.1. The fraction of sp³-hybridized carbons (Fsp3) is 0.529. The molecule has 2 heterocycles. The first-order valence-electron chi connectivity index (χ1n) is 8.59. The Morgan fingerprint density at radius 3 is 2.32 bits per heavy atom. The third-order valence-electron chi connectivity index (χ3n) is 4.83. The molecule has 2 aliphatic rings. The average Bonchev–Trinajstić information content (AvgIpc) is 3.14. The number of amides is 2. The van der Waals surface area contributed by atoms with Crippen LogP contribution in [0.4, 0.5) is 5.69 Å². The third kappa shape index (κ3) is 4.14. The molecule has 25 heavy (non-hydrogen) atoms. The minimum Gasteiger partial charge on any atom is -0.339 e. The van der Waals surface area contributed by atoms with Crippen molar-refractivity contribution in [2.24, 2.45) is 0 Å². The van der Waals surface area contributed by atoms with Crippen LogP contribution in [0.5, 0.6) is 0 Å². The van der Waals surface area contributed by atoms with Crippen LogP contribution < -0.4 is 5.32 Å². The highest BCUT2D eigenvalue weighted by molar-refractivity contribution is 5.94. The highest BCUT2D eigenvalue weighted by atomic mass is 16.6. The standard InChI is InChI=1S/C17H22N4O4/c22-16(12-14-2-1-7-18-14)19-8-10-20(11-9-19)17(23)13-3-5-15(6-4-13)21(24)25/h3-6,14,18H,1-2,7-12H2. The molecule has 1 N–H and O–H groups in total. The number of nitrogens with zero attached hydrogens (tertiary/aromatic N) is 3. The van der Waals surface area contributed by atoms with Gasteiger partial charge in [-0.05, 0) is 31.5 Å². The van der Waals surface area contributed by atoms with Gasteiger partial charge in [0, 0.05) is 56.3 Å². The van der Waals surface area contributed by atoms with E-state index in [0.717, 1.165) is 19.4 Å². The van der Waals surface area contributed by atoms with E-state index in [2.05, 4.69) is 5.32 Å². The van der Waals surface area contributed by atoms with Crippen LogP contribution in [0.2, 0.25) is 0 Å². The Balaban J connectivity index is 1.51. The van der Waals surface area contributed by atoms with Gasteiger partial charge in [-0.15, -0.1) is 0 Å². The van der Waals surface area contributed by atoms with Crippen molar-refractivity contribution in [1.82, 2.24) is 15.1 Å². The Morgan fingerprint density at radius 1 is 1.12 bits per heavy atom. The van der Waals surface area contributed by atoms with Gasteiger partial charge in [-0.2, -0.15) is 0 Å². The third-order valence-corrected chi connectivity index (χ3v) is 4.83. The topological polar surface area (TPSA) is 95.8 Å². The van der Waals surface area contributed by atoms with Crippen molar-refractivity contribution in [3.63, 3.8) is 0 Å². The molecule has 0 saturated carbocycles. The molecular formula is C17H22N4O4. The van der Waals surface area contributed by atoms with Crippen molar-refractivity contribution >= 4 is 17.5 Å². The normalized spacial score (nSPS) is 20.6. The van der Waals surface area contributed by atoms with Gasteiger partial charge in [0.1, 0.15) is 0 Å². The smallest absolute Gasteiger partial charge is 0.269 e. The number of benzene rings is 1. The fourth-order valence-electron chi connectivity index (χ4n) is 3.34. The molecule has 3 rings (SSSR count). The lowest BCUT2D eigenvalue weighted by Crippen LogP contribution is -2.51. The number of hydrogen-bond acceptors (Lipinski definition) is 5. The number of piperazine rings is 1. The van der Waals surface area contributed by atoms with Crippen molar-refractivity contribution in [3.8, 4) is 0 Å². The Hall–Kier alpha value is -2.48. The number of rotatable bonds is 4. The fourth-order valence-corrected chi connectivity index (χ4v) is 3.34. The van der Waals surface area contributed by atoms with E-state index in [9.17, 15) is 19.7 Å². The van der Waals surface area contributed by atoms with Gasteiger partial charge in [-0.1, -0.05) is 0 Å². The highest BCUT2D eigenvalue weighted by Gasteiger charge is 2.27. The van der Waals surface area contributed by atoms with Gasteiger partial charge in [-0.3, -0.25) is 19.7 Å². The molecule has 1 atom stereocenters. The molecule has 1 aromatic rings. The lowest BCUT2D eigenvalue weighted by molar-refractivity contribution is -0.384. The molecular weight excluding hydrogens is 324 g/mol. The largest absolute Gasteiger partial charge is 0.339 e. The minimum absolute atomic E-state index is 0.0347. The summed E-state index contributed by atoms with van der Waals surface area (Å²) in [6.07, 6.45) is 2.69. The van der Waals surface area contributed by atoms with E-state index < -0.39 is 4.92 Å². The molecule has 0 spiro atoms. The molecule has 8 heteroatoms. The van der Waals surface area contributed by atoms with E-state index >= 15 is 0 Å². The summed E-state index contributed by atoms with van der Waals surface area (Å²) in [6.45, 7) is 3.02. The number of nitro groups is 1. The number of nitro benzene ring substituents is 1. The van der Waals surface area contributed by atoms with Crippen LogP contribution in [-0.4, -0.2) is 65.3 Å². The van der Waals surface area contributed by atoms with Gasteiger partial charge < -0.3 is 15.1 Å². The maximum Gasteiger partial charge on any atom is 0.269 e. The summed E-state index contributed by atoms with van der Waals surface area (Å²) < 4.78 is 0. The first-order chi connectivity index (χ1) is 12.0. The molecule has 2 saturated heterocycles. The number of carbonyl (C=O) groups excluding carboxylic acids is 2. The first kappa shape index (κ1) is 17.3.